The van der Waals surface area contributed by atoms with Crippen molar-refractivity contribution in [1.29, 1.82) is 0 Å². The van der Waals surface area contributed by atoms with E-state index in [1.165, 1.54) is 0 Å². The van der Waals surface area contributed by atoms with Crippen LogP contribution in [-0.4, -0.2) is 18.7 Å². The first-order valence-electron chi connectivity index (χ1n) is 7.14. The Kier molecular flexibility index (Phi) is 4.59. The molecule has 3 heteroatoms. The summed E-state index contributed by atoms with van der Waals surface area (Å²) in [4.78, 5) is 12.0. The Bertz CT molecular complexity index is 415. The number of epoxide rings is 1. The van der Waals surface area contributed by atoms with Gasteiger partial charge in [0.05, 0.1) is 6.61 Å². The van der Waals surface area contributed by atoms with Crippen LogP contribution in [-0.2, 0) is 19.9 Å². The standard InChI is InChI=1S/C16H22O3/c1-3-5-9-12-18-15(17)14-16(4-2,19-14)13-10-7-6-8-11-13/h6-8,10-11,14H,3-5,9,12H2,1-2H3. The summed E-state index contributed by atoms with van der Waals surface area (Å²) in [6.07, 6.45) is 3.50. The van der Waals surface area contributed by atoms with Crippen LogP contribution >= 0.6 is 0 Å². The third-order valence-electron chi connectivity index (χ3n) is 3.69. The minimum atomic E-state index is -0.455. The molecule has 1 saturated heterocycles. The summed E-state index contributed by atoms with van der Waals surface area (Å²) >= 11 is 0. The highest BCUT2D eigenvalue weighted by molar-refractivity contribution is 5.80. The Hall–Kier alpha value is -1.35. The number of hydrogen-bond donors (Lipinski definition) is 0. The SMILES string of the molecule is CCCCCOC(=O)C1OC1(CC)c1ccccc1. The lowest BCUT2D eigenvalue weighted by atomic mass is 9.93. The third kappa shape index (κ3) is 2.98. The van der Waals surface area contributed by atoms with E-state index in [2.05, 4.69) is 6.92 Å². The minimum Gasteiger partial charge on any atom is -0.464 e. The zero-order chi connectivity index (χ0) is 13.7. The molecule has 0 bridgehead atoms. The van der Waals surface area contributed by atoms with Crippen LogP contribution in [0.3, 0.4) is 0 Å². The third-order valence-corrected chi connectivity index (χ3v) is 3.69. The van der Waals surface area contributed by atoms with E-state index in [4.69, 9.17) is 9.47 Å². The largest absolute Gasteiger partial charge is 0.464 e. The zero-order valence-electron chi connectivity index (χ0n) is 11.7. The topological polar surface area (TPSA) is 38.8 Å². The van der Waals surface area contributed by atoms with E-state index in [1.807, 2.05) is 37.3 Å². The maximum atomic E-state index is 12.0. The van der Waals surface area contributed by atoms with Gasteiger partial charge in [0.15, 0.2) is 6.10 Å². The van der Waals surface area contributed by atoms with Crippen LogP contribution in [0.4, 0.5) is 0 Å². The Morgan fingerprint density at radius 1 is 1.26 bits per heavy atom. The average Bonchev–Trinajstić information content (AvgIpc) is 3.20. The van der Waals surface area contributed by atoms with E-state index >= 15 is 0 Å². The normalized spacial score (nSPS) is 25.1. The molecule has 0 saturated carbocycles. The highest BCUT2D eigenvalue weighted by Crippen LogP contribution is 2.49. The number of rotatable bonds is 7. The molecule has 0 aromatic heterocycles. The van der Waals surface area contributed by atoms with E-state index in [-0.39, 0.29) is 5.97 Å². The highest BCUT2D eigenvalue weighted by Gasteiger charge is 2.61. The second kappa shape index (κ2) is 6.20. The summed E-state index contributed by atoms with van der Waals surface area (Å²) in [6, 6.07) is 9.92. The first kappa shape index (κ1) is 14.1. The van der Waals surface area contributed by atoms with Crippen molar-refractivity contribution >= 4 is 5.97 Å². The van der Waals surface area contributed by atoms with E-state index in [0.29, 0.717) is 6.61 Å². The van der Waals surface area contributed by atoms with Crippen molar-refractivity contribution < 1.29 is 14.3 Å². The number of benzene rings is 1. The molecule has 2 rings (SSSR count). The zero-order valence-corrected chi connectivity index (χ0v) is 11.7. The lowest BCUT2D eigenvalue weighted by Gasteiger charge is -2.10. The molecular weight excluding hydrogens is 240 g/mol. The van der Waals surface area contributed by atoms with Crippen LogP contribution in [0.2, 0.25) is 0 Å². The van der Waals surface area contributed by atoms with Gasteiger partial charge < -0.3 is 9.47 Å². The lowest BCUT2D eigenvalue weighted by molar-refractivity contribution is -0.145. The fourth-order valence-electron chi connectivity index (χ4n) is 2.43. The Balaban J connectivity index is 1.91. The van der Waals surface area contributed by atoms with Crippen LogP contribution in [0.1, 0.15) is 45.1 Å². The molecule has 19 heavy (non-hydrogen) atoms. The van der Waals surface area contributed by atoms with Gasteiger partial charge >= 0.3 is 5.97 Å². The van der Waals surface area contributed by atoms with Gasteiger partial charge in [-0.25, -0.2) is 4.79 Å². The van der Waals surface area contributed by atoms with Gasteiger partial charge in [0, 0.05) is 0 Å². The lowest BCUT2D eigenvalue weighted by Crippen LogP contribution is -2.21. The summed E-state index contributed by atoms with van der Waals surface area (Å²) in [5, 5.41) is 0. The Labute approximate surface area is 114 Å². The number of ether oxygens (including phenoxy) is 2. The van der Waals surface area contributed by atoms with Gasteiger partial charge in [0.1, 0.15) is 5.60 Å². The molecule has 0 spiro atoms. The summed E-state index contributed by atoms with van der Waals surface area (Å²) in [5.74, 6) is -0.221. The van der Waals surface area contributed by atoms with Crippen molar-refractivity contribution in [3.63, 3.8) is 0 Å². The van der Waals surface area contributed by atoms with Gasteiger partial charge in [0.25, 0.3) is 0 Å². The van der Waals surface area contributed by atoms with E-state index in [0.717, 1.165) is 31.2 Å². The van der Waals surface area contributed by atoms with Crippen molar-refractivity contribution in [1.82, 2.24) is 0 Å². The van der Waals surface area contributed by atoms with Crippen LogP contribution in [0, 0.1) is 0 Å². The molecule has 2 unspecified atom stereocenters. The predicted molar refractivity (Wildman–Crippen MR) is 73.8 cm³/mol. The molecule has 0 N–H and O–H groups in total. The number of carbonyl (C=O) groups is 1. The summed E-state index contributed by atoms with van der Waals surface area (Å²) in [6.45, 7) is 4.67. The summed E-state index contributed by atoms with van der Waals surface area (Å²) in [7, 11) is 0. The van der Waals surface area contributed by atoms with Crippen molar-refractivity contribution in [2.75, 3.05) is 6.61 Å². The van der Waals surface area contributed by atoms with E-state index in [9.17, 15) is 4.79 Å². The van der Waals surface area contributed by atoms with E-state index in [1.54, 1.807) is 0 Å². The average molecular weight is 262 g/mol. The van der Waals surface area contributed by atoms with Crippen molar-refractivity contribution in [3.8, 4) is 0 Å². The molecule has 0 aliphatic carbocycles. The van der Waals surface area contributed by atoms with Crippen LogP contribution in [0.15, 0.2) is 30.3 Å². The fraction of sp³-hybridized carbons (Fsp3) is 0.562. The molecule has 1 heterocycles. The monoisotopic (exact) mass is 262 g/mol. The quantitative estimate of drug-likeness (QED) is 0.429. The summed E-state index contributed by atoms with van der Waals surface area (Å²) < 4.78 is 11.0. The van der Waals surface area contributed by atoms with Gasteiger partial charge in [-0.1, -0.05) is 57.0 Å². The number of unbranched alkanes of at least 4 members (excludes halogenated alkanes) is 2. The van der Waals surface area contributed by atoms with Gasteiger partial charge in [0.2, 0.25) is 0 Å². The van der Waals surface area contributed by atoms with Gasteiger partial charge in [-0.05, 0) is 18.4 Å². The highest BCUT2D eigenvalue weighted by atomic mass is 16.7. The maximum absolute atomic E-state index is 12.0. The molecule has 1 fully saturated rings. The van der Waals surface area contributed by atoms with Crippen molar-refractivity contribution in [2.45, 2.75) is 51.2 Å². The van der Waals surface area contributed by atoms with Crippen LogP contribution < -0.4 is 0 Å². The molecule has 0 radical (unpaired) electrons. The number of hydrogen-bond acceptors (Lipinski definition) is 3. The maximum Gasteiger partial charge on any atom is 0.338 e. The van der Waals surface area contributed by atoms with Crippen molar-refractivity contribution in [2.24, 2.45) is 0 Å². The molecule has 1 aromatic rings. The van der Waals surface area contributed by atoms with Crippen LogP contribution in [0.5, 0.6) is 0 Å². The predicted octanol–water partition coefficient (Wildman–Crippen LogP) is 3.42. The number of carbonyl (C=O) groups excluding carboxylic acids is 1. The smallest absolute Gasteiger partial charge is 0.338 e. The van der Waals surface area contributed by atoms with Gasteiger partial charge in [-0.3, -0.25) is 0 Å². The Morgan fingerprint density at radius 3 is 2.63 bits per heavy atom. The van der Waals surface area contributed by atoms with Crippen LogP contribution in [0.25, 0.3) is 0 Å². The van der Waals surface area contributed by atoms with Crippen molar-refractivity contribution in [3.05, 3.63) is 35.9 Å². The second-order valence-corrected chi connectivity index (χ2v) is 4.98. The Morgan fingerprint density at radius 2 is 2.00 bits per heavy atom. The molecule has 104 valence electrons. The molecule has 3 nitrogen and oxygen atoms in total. The second-order valence-electron chi connectivity index (χ2n) is 4.98. The molecule has 0 amide bonds. The molecule has 1 aliphatic heterocycles. The number of esters is 1. The first-order chi connectivity index (χ1) is 9.24. The van der Waals surface area contributed by atoms with Gasteiger partial charge in [-0.15, -0.1) is 0 Å². The molecule has 2 atom stereocenters. The van der Waals surface area contributed by atoms with Gasteiger partial charge in [-0.2, -0.15) is 0 Å². The summed E-state index contributed by atoms with van der Waals surface area (Å²) in [5.41, 5.74) is 0.608. The minimum absolute atomic E-state index is 0.221. The molecule has 1 aromatic carbocycles. The molecular formula is C16H22O3. The first-order valence-corrected chi connectivity index (χ1v) is 7.14. The fourth-order valence-corrected chi connectivity index (χ4v) is 2.43. The van der Waals surface area contributed by atoms with E-state index < -0.39 is 11.7 Å². The molecule has 1 aliphatic rings.